The molecule has 1 aliphatic carbocycles. The van der Waals surface area contributed by atoms with Gasteiger partial charge in [0.1, 0.15) is 7.85 Å². The van der Waals surface area contributed by atoms with E-state index in [0.29, 0.717) is 14.9 Å². The Hall–Kier alpha value is 0.295. The van der Waals surface area contributed by atoms with Crippen molar-refractivity contribution in [1.29, 1.82) is 0 Å². The second kappa shape index (κ2) is 4.94. The molecular formula is C15H25BINO. The van der Waals surface area contributed by atoms with Crippen molar-refractivity contribution in [3.63, 3.8) is 0 Å². The number of allylic oxidation sites excluding steroid dienone is 1. The van der Waals surface area contributed by atoms with Crippen molar-refractivity contribution >= 4 is 30.4 Å². The third kappa shape index (κ3) is 2.48. The highest BCUT2D eigenvalue weighted by Crippen LogP contribution is 2.49. The molecule has 4 heteroatoms. The number of alkyl halides is 1. The summed E-state index contributed by atoms with van der Waals surface area (Å²) >= 11 is 2.69. The van der Waals surface area contributed by atoms with E-state index in [-0.39, 0.29) is 0 Å². The van der Waals surface area contributed by atoms with Crippen molar-refractivity contribution in [2.24, 2.45) is 0 Å². The average molecular weight is 373 g/mol. The van der Waals surface area contributed by atoms with E-state index in [1.165, 1.54) is 38.5 Å². The Kier molecular flexibility index (Phi) is 3.70. The van der Waals surface area contributed by atoms with Gasteiger partial charge in [0, 0.05) is 11.7 Å². The fourth-order valence-corrected chi connectivity index (χ4v) is 5.10. The Morgan fingerprint density at radius 3 is 2.58 bits per heavy atom. The molecule has 19 heavy (non-hydrogen) atoms. The zero-order chi connectivity index (χ0) is 13.7. The highest BCUT2D eigenvalue weighted by atomic mass is 127. The molecule has 1 spiro atoms. The summed E-state index contributed by atoms with van der Waals surface area (Å²) in [4.78, 5) is 2.73. The van der Waals surface area contributed by atoms with Crippen LogP contribution in [0.1, 0.15) is 52.4 Å². The van der Waals surface area contributed by atoms with Gasteiger partial charge >= 0.3 is 0 Å². The van der Waals surface area contributed by atoms with Gasteiger partial charge in [-0.2, -0.15) is 0 Å². The van der Waals surface area contributed by atoms with Crippen LogP contribution in [0.3, 0.4) is 0 Å². The minimum Gasteiger partial charge on any atom is -0.376 e. The van der Waals surface area contributed by atoms with Crippen LogP contribution in [0.4, 0.5) is 0 Å². The van der Waals surface area contributed by atoms with Gasteiger partial charge in [0.2, 0.25) is 0 Å². The monoisotopic (exact) mass is 373 g/mol. The van der Waals surface area contributed by atoms with E-state index in [1.807, 2.05) is 0 Å². The highest BCUT2D eigenvalue weighted by molar-refractivity contribution is 14.1. The molecule has 2 aliphatic heterocycles. The van der Waals surface area contributed by atoms with Gasteiger partial charge in [-0.15, -0.1) is 0 Å². The lowest BCUT2D eigenvalue weighted by molar-refractivity contribution is -0.128. The van der Waals surface area contributed by atoms with Crippen LogP contribution in [-0.4, -0.2) is 40.9 Å². The molecule has 0 aromatic heterocycles. The molecule has 0 amide bonds. The average Bonchev–Trinajstić information content (AvgIpc) is 2.55. The predicted octanol–water partition coefficient (Wildman–Crippen LogP) is 2.85. The van der Waals surface area contributed by atoms with Crippen LogP contribution in [-0.2, 0) is 4.74 Å². The van der Waals surface area contributed by atoms with Gasteiger partial charge in [-0.3, -0.25) is 0 Å². The number of rotatable bonds is 1. The molecule has 0 N–H and O–H groups in total. The maximum absolute atomic E-state index is 5.59. The SMILES string of the molecule is BC1(I)CCCCC2=C(C1)CC1(COC1)N2C(C)C. The Labute approximate surface area is 131 Å². The van der Waals surface area contributed by atoms with E-state index < -0.39 is 0 Å². The van der Waals surface area contributed by atoms with Crippen molar-refractivity contribution in [1.82, 2.24) is 4.90 Å². The van der Waals surface area contributed by atoms with E-state index in [9.17, 15) is 0 Å². The van der Waals surface area contributed by atoms with Gasteiger partial charge in [0.25, 0.3) is 0 Å². The zero-order valence-corrected chi connectivity index (χ0v) is 14.6. The molecule has 1 atom stereocenters. The van der Waals surface area contributed by atoms with Gasteiger partial charge in [-0.25, -0.2) is 0 Å². The quantitative estimate of drug-likeness (QED) is 0.398. The van der Waals surface area contributed by atoms with Gasteiger partial charge in [0.15, 0.2) is 0 Å². The molecule has 2 nitrogen and oxygen atoms in total. The third-order valence-corrected chi connectivity index (χ3v) is 5.87. The number of hydrogen-bond acceptors (Lipinski definition) is 2. The lowest BCUT2D eigenvalue weighted by atomic mass is 9.75. The summed E-state index contributed by atoms with van der Waals surface area (Å²) in [6.45, 7) is 6.57. The molecule has 3 aliphatic rings. The normalized spacial score (nSPS) is 34.2. The molecule has 3 rings (SSSR count). The fourth-order valence-electron chi connectivity index (χ4n) is 4.26. The first kappa shape index (κ1) is 14.2. The zero-order valence-electron chi connectivity index (χ0n) is 12.5. The van der Waals surface area contributed by atoms with Crippen LogP contribution >= 0.6 is 22.6 Å². The molecule has 0 bridgehead atoms. The summed E-state index contributed by atoms with van der Waals surface area (Å²) in [7, 11) is 2.44. The minimum atomic E-state index is 0.329. The van der Waals surface area contributed by atoms with Crippen molar-refractivity contribution in [2.75, 3.05) is 13.2 Å². The van der Waals surface area contributed by atoms with Crippen molar-refractivity contribution < 1.29 is 4.74 Å². The van der Waals surface area contributed by atoms with E-state index in [1.54, 1.807) is 11.3 Å². The molecule has 1 fully saturated rings. The molecule has 0 saturated carbocycles. The molecule has 1 saturated heterocycles. The fraction of sp³-hybridized carbons (Fsp3) is 0.867. The molecule has 1 unspecified atom stereocenters. The molecule has 2 heterocycles. The Bertz CT molecular complexity index is 401. The second-order valence-corrected chi connectivity index (χ2v) is 9.81. The Morgan fingerprint density at radius 2 is 2.00 bits per heavy atom. The standard InChI is InChI=1S/C15H25BINO/c1-11(2)18-13-5-3-4-6-15(16,17)8-12(13)7-14(18)9-19-10-14/h11H,3-10,16H2,1-2H3. The first-order valence-electron chi connectivity index (χ1n) is 7.70. The number of halogens is 1. The minimum absolute atomic E-state index is 0.329. The van der Waals surface area contributed by atoms with Gasteiger partial charge in [-0.05, 0) is 54.8 Å². The number of nitrogens with zero attached hydrogens (tertiary/aromatic N) is 1. The predicted molar refractivity (Wildman–Crippen MR) is 90.5 cm³/mol. The van der Waals surface area contributed by atoms with E-state index >= 15 is 0 Å². The lowest BCUT2D eigenvalue weighted by Gasteiger charge is -2.50. The lowest BCUT2D eigenvalue weighted by Crippen LogP contribution is -2.61. The number of ether oxygens (including phenoxy) is 1. The molecular weight excluding hydrogens is 348 g/mol. The molecule has 106 valence electrons. The van der Waals surface area contributed by atoms with Crippen LogP contribution in [0.5, 0.6) is 0 Å². The first-order chi connectivity index (χ1) is 8.94. The van der Waals surface area contributed by atoms with Gasteiger partial charge < -0.3 is 9.64 Å². The Morgan fingerprint density at radius 1 is 1.26 bits per heavy atom. The summed E-state index contributed by atoms with van der Waals surface area (Å²) in [5.74, 6) is 0. The summed E-state index contributed by atoms with van der Waals surface area (Å²) < 4.78 is 6.05. The molecule has 0 aromatic rings. The van der Waals surface area contributed by atoms with Crippen LogP contribution in [0.15, 0.2) is 11.3 Å². The van der Waals surface area contributed by atoms with E-state index in [4.69, 9.17) is 4.74 Å². The second-order valence-electron chi connectivity index (χ2n) is 7.21. The highest BCUT2D eigenvalue weighted by Gasteiger charge is 2.51. The van der Waals surface area contributed by atoms with Crippen LogP contribution in [0.2, 0.25) is 0 Å². The van der Waals surface area contributed by atoms with E-state index in [2.05, 4.69) is 49.2 Å². The largest absolute Gasteiger partial charge is 0.376 e. The summed E-state index contributed by atoms with van der Waals surface area (Å²) in [5, 5.41) is 0. The molecule has 0 radical (unpaired) electrons. The number of hydrogen-bond donors (Lipinski definition) is 0. The summed E-state index contributed by atoms with van der Waals surface area (Å²) in [6, 6.07) is 0.608. The van der Waals surface area contributed by atoms with Crippen molar-refractivity contribution in [3.05, 3.63) is 11.3 Å². The van der Waals surface area contributed by atoms with Crippen molar-refractivity contribution in [3.8, 4) is 0 Å². The van der Waals surface area contributed by atoms with Crippen LogP contribution in [0, 0.1) is 0 Å². The van der Waals surface area contributed by atoms with Crippen LogP contribution < -0.4 is 0 Å². The van der Waals surface area contributed by atoms with Gasteiger partial charge in [0.05, 0.1) is 18.8 Å². The topological polar surface area (TPSA) is 12.5 Å². The maximum atomic E-state index is 5.59. The summed E-state index contributed by atoms with van der Waals surface area (Å²) in [6.07, 6.45) is 7.95. The maximum Gasteiger partial charge on any atom is 0.122 e. The van der Waals surface area contributed by atoms with Gasteiger partial charge in [-0.1, -0.05) is 29.0 Å². The van der Waals surface area contributed by atoms with Crippen molar-refractivity contribution in [2.45, 2.75) is 67.3 Å². The smallest absolute Gasteiger partial charge is 0.122 e. The third-order valence-electron chi connectivity index (χ3n) is 4.95. The van der Waals surface area contributed by atoms with E-state index in [0.717, 1.165) is 13.2 Å². The summed E-state index contributed by atoms with van der Waals surface area (Å²) in [5.41, 5.74) is 3.75. The molecule has 0 aromatic carbocycles. The first-order valence-corrected chi connectivity index (χ1v) is 8.78. The Balaban J connectivity index is 1.93. The van der Waals surface area contributed by atoms with Crippen LogP contribution in [0.25, 0.3) is 0 Å².